The van der Waals surface area contributed by atoms with Crippen molar-refractivity contribution in [3.63, 3.8) is 0 Å². The van der Waals surface area contributed by atoms with Crippen LogP contribution in [-0.4, -0.2) is 26.3 Å². The van der Waals surface area contributed by atoms with Crippen molar-refractivity contribution in [3.8, 4) is 11.5 Å². The van der Waals surface area contributed by atoms with Crippen LogP contribution in [0.1, 0.15) is 47.2 Å². The molecule has 1 saturated carbocycles. The van der Waals surface area contributed by atoms with Gasteiger partial charge in [-0.25, -0.2) is 4.79 Å². The number of benzene rings is 2. The number of ether oxygens (including phenoxy) is 3. The Morgan fingerprint density at radius 3 is 2.38 bits per heavy atom. The maximum absolute atomic E-state index is 11.7. The summed E-state index contributed by atoms with van der Waals surface area (Å²) in [4.78, 5) is 11.7. The first-order chi connectivity index (χ1) is 12.7. The van der Waals surface area contributed by atoms with E-state index >= 15 is 0 Å². The summed E-state index contributed by atoms with van der Waals surface area (Å²) < 4.78 is 16.4. The van der Waals surface area contributed by atoms with Crippen LogP contribution >= 0.6 is 0 Å². The van der Waals surface area contributed by atoms with Crippen molar-refractivity contribution in [1.29, 1.82) is 0 Å². The van der Waals surface area contributed by atoms with Crippen LogP contribution in [0.3, 0.4) is 0 Å². The van der Waals surface area contributed by atoms with Crippen LogP contribution in [-0.2, 0) is 17.6 Å². The van der Waals surface area contributed by atoms with Crippen LogP contribution < -0.4 is 9.47 Å². The molecule has 0 spiro atoms. The highest BCUT2D eigenvalue weighted by atomic mass is 16.5. The van der Waals surface area contributed by atoms with Gasteiger partial charge < -0.3 is 14.2 Å². The summed E-state index contributed by atoms with van der Waals surface area (Å²) in [6, 6.07) is 13.7. The van der Waals surface area contributed by atoms with E-state index in [2.05, 4.69) is 12.1 Å². The van der Waals surface area contributed by atoms with E-state index in [-0.39, 0.29) is 5.97 Å². The van der Waals surface area contributed by atoms with E-state index in [4.69, 9.17) is 14.2 Å². The van der Waals surface area contributed by atoms with Crippen LogP contribution in [0, 0.1) is 0 Å². The molecular formula is C22H26O4. The topological polar surface area (TPSA) is 44.8 Å². The molecule has 2 aromatic carbocycles. The second kappa shape index (κ2) is 8.75. The van der Waals surface area contributed by atoms with Gasteiger partial charge in [-0.3, -0.25) is 0 Å². The molecule has 3 rings (SSSR count). The zero-order valence-electron chi connectivity index (χ0n) is 15.5. The summed E-state index contributed by atoms with van der Waals surface area (Å²) in [6.07, 6.45) is 6.74. The highest BCUT2D eigenvalue weighted by molar-refractivity contribution is 5.89. The highest BCUT2D eigenvalue weighted by Gasteiger charge is 2.18. The number of esters is 1. The van der Waals surface area contributed by atoms with E-state index in [1.54, 1.807) is 13.2 Å². The average molecular weight is 354 g/mol. The molecule has 0 aliphatic heterocycles. The van der Waals surface area contributed by atoms with Crippen molar-refractivity contribution in [2.75, 3.05) is 14.2 Å². The number of rotatable bonds is 7. The number of hydrogen-bond donors (Lipinski definition) is 0. The van der Waals surface area contributed by atoms with Gasteiger partial charge in [-0.1, -0.05) is 18.2 Å². The van der Waals surface area contributed by atoms with E-state index in [1.807, 2.05) is 24.3 Å². The van der Waals surface area contributed by atoms with Crippen molar-refractivity contribution in [1.82, 2.24) is 0 Å². The van der Waals surface area contributed by atoms with Crippen LogP contribution in [0.15, 0.2) is 42.5 Å². The number of methoxy groups -OCH3 is 2. The number of carbonyl (C=O) groups excluding carboxylic acids is 1. The fraction of sp³-hybridized carbons (Fsp3) is 0.409. The maximum Gasteiger partial charge on any atom is 0.337 e. The molecule has 4 heteroatoms. The predicted molar refractivity (Wildman–Crippen MR) is 101 cm³/mol. The minimum absolute atomic E-state index is 0.302. The smallest absolute Gasteiger partial charge is 0.337 e. The van der Waals surface area contributed by atoms with E-state index in [9.17, 15) is 4.79 Å². The summed E-state index contributed by atoms with van der Waals surface area (Å²) in [5, 5.41) is 0. The summed E-state index contributed by atoms with van der Waals surface area (Å²) >= 11 is 0. The van der Waals surface area contributed by atoms with Gasteiger partial charge in [-0.15, -0.1) is 0 Å². The SMILES string of the molecule is COC(=O)c1cccc(CCc2ccc(OC)c(OC3CCCC3)c2)c1. The van der Waals surface area contributed by atoms with Gasteiger partial charge in [0, 0.05) is 0 Å². The van der Waals surface area contributed by atoms with Crippen LogP contribution in [0.5, 0.6) is 11.5 Å². The summed E-state index contributed by atoms with van der Waals surface area (Å²) in [6.45, 7) is 0. The third kappa shape index (κ3) is 4.57. The molecule has 0 N–H and O–H groups in total. The molecule has 26 heavy (non-hydrogen) atoms. The molecule has 0 radical (unpaired) electrons. The fourth-order valence-corrected chi connectivity index (χ4v) is 3.41. The quantitative estimate of drug-likeness (QED) is 0.682. The average Bonchev–Trinajstić information content (AvgIpc) is 3.19. The summed E-state index contributed by atoms with van der Waals surface area (Å²) in [5.74, 6) is 1.32. The lowest BCUT2D eigenvalue weighted by Crippen LogP contribution is -2.11. The Morgan fingerprint density at radius 2 is 1.69 bits per heavy atom. The monoisotopic (exact) mass is 354 g/mol. The summed E-state index contributed by atoms with van der Waals surface area (Å²) in [5.41, 5.74) is 2.90. The Bertz CT molecular complexity index is 748. The first-order valence-electron chi connectivity index (χ1n) is 9.20. The van der Waals surface area contributed by atoms with E-state index in [1.165, 1.54) is 25.5 Å². The zero-order valence-corrected chi connectivity index (χ0v) is 15.5. The van der Waals surface area contributed by atoms with Gasteiger partial charge in [0.1, 0.15) is 0 Å². The van der Waals surface area contributed by atoms with Crippen LogP contribution in [0.25, 0.3) is 0 Å². The minimum atomic E-state index is -0.302. The third-order valence-electron chi connectivity index (χ3n) is 4.87. The van der Waals surface area contributed by atoms with Crippen molar-refractivity contribution < 1.29 is 19.0 Å². The van der Waals surface area contributed by atoms with Gasteiger partial charge in [0.15, 0.2) is 11.5 Å². The minimum Gasteiger partial charge on any atom is -0.493 e. The summed E-state index contributed by atoms with van der Waals surface area (Å²) in [7, 11) is 3.08. The number of hydrogen-bond acceptors (Lipinski definition) is 4. The normalized spacial score (nSPS) is 14.2. The number of aryl methyl sites for hydroxylation is 2. The molecule has 0 atom stereocenters. The maximum atomic E-state index is 11.7. The lowest BCUT2D eigenvalue weighted by molar-refractivity contribution is 0.0600. The molecule has 0 aromatic heterocycles. The molecule has 1 aliphatic rings. The van der Waals surface area contributed by atoms with Crippen LogP contribution in [0.4, 0.5) is 0 Å². The van der Waals surface area contributed by atoms with Crippen molar-refractivity contribution >= 4 is 5.97 Å². The molecule has 2 aromatic rings. The van der Waals surface area contributed by atoms with Gasteiger partial charge >= 0.3 is 5.97 Å². The van der Waals surface area contributed by atoms with E-state index in [0.717, 1.165) is 42.7 Å². The third-order valence-corrected chi connectivity index (χ3v) is 4.87. The Hall–Kier alpha value is -2.49. The van der Waals surface area contributed by atoms with Gasteiger partial charge in [-0.2, -0.15) is 0 Å². The molecule has 0 bridgehead atoms. The number of carbonyl (C=O) groups is 1. The molecular weight excluding hydrogens is 328 g/mol. The molecule has 1 fully saturated rings. The first kappa shape index (κ1) is 18.3. The Balaban J connectivity index is 1.68. The highest BCUT2D eigenvalue weighted by Crippen LogP contribution is 2.32. The van der Waals surface area contributed by atoms with E-state index in [0.29, 0.717) is 11.7 Å². The lowest BCUT2D eigenvalue weighted by Gasteiger charge is -2.17. The molecule has 0 heterocycles. The predicted octanol–water partition coefficient (Wildman–Crippen LogP) is 4.59. The Labute approximate surface area is 155 Å². The van der Waals surface area contributed by atoms with Gasteiger partial charge in [0.05, 0.1) is 25.9 Å². The standard InChI is InChI=1S/C22H26O4/c1-24-20-13-12-17(15-21(20)26-19-8-3-4-9-19)11-10-16-6-5-7-18(14-16)22(23)25-2/h5-7,12-15,19H,3-4,8-11H2,1-2H3. The molecule has 0 saturated heterocycles. The first-order valence-corrected chi connectivity index (χ1v) is 9.20. The second-order valence-corrected chi connectivity index (χ2v) is 6.70. The molecule has 0 unspecified atom stereocenters. The lowest BCUT2D eigenvalue weighted by atomic mass is 10.0. The molecule has 0 amide bonds. The molecule has 138 valence electrons. The van der Waals surface area contributed by atoms with Crippen molar-refractivity contribution in [2.45, 2.75) is 44.6 Å². The Morgan fingerprint density at radius 1 is 0.962 bits per heavy atom. The van der Waals surface area contributed by atoms with Crippen LogP contribution in [0.2, 0.25) is 0 Å². The van der Waals surface area contributed by atoms with Crippen molar-refractivity contribution in [2.24, 2.45) is 0 Å². The van der Waals surface area contributed by atoms with Gasteiger partial charge in [0.2, 0.25) is 0 Å². The molecule has 1 aliphatic carbocycles. The zero-order chi connectivity index (χ0) is 18.4. The van der Waals surface area contributed by atoms with Gasteiger partial charge in [-0.05, 0) is 73.9 Å². The Kier molecular flexibility index (Phi) is 6.16. The largest absolute Gasteiger partial charge is 0.493 e. The fourth-order valence-electron chi connectivity index (χ4n) is 3.41. The van der Waals surface area contributed by atoms with Crippen molar-refractivity contribution in [3.05, 3.63) is 59.2 Å². The molecule has 4 nitrogen and oxygen atoms in total. The second-order valence-electron chi connectivity index (χ2n) is 6.70. The van der Waals surface area contributed by atoms with E-state index < -0.39 is 0 Å². The van der Waals surface area contributed by atoms with Gasteiger partial charge in [0.25, 0.3) is 0 Å².